The molecule has 0 saturated carbocycles. The third-order valence-corrected chi connectivity index (χ3v) is 7.36. The monoisotopic (exact) mass is 421 g/mol. The van der Waals surface area contributed by atoms with Crippen LogP contribution in [0.4, 0.5) is 0 Å². The van der Waals surface area contributed by atoms with E-state index in [1.807, 2.05) is 60.3 Å². The Morgan fingerprint density at radius 2 is 1.19 bits per heavy atom. The maximum Gasteiger partial charge on any atom is 0.256 e. The molecule has 1 atom stereocenters. The summed E-state index contributed by atoms with van der Waals surface area (Å²) in [7, 11) is 0. The van der Waals surface area contributed by atoms with Gasteiger partial charge in [0.15, 0.2) is 0 Å². The molecule has 2 nitrogen and oxygen atoms in total. The molecule has 0 saturated heterocycles. The predicted molar refractivity (Wildman–Crippen MR) is 128 cm³/mol. The lowest BCUT2D eigenvalue weighted by Crippen LogP contribution is -2.42. The van der Waals surface area contributed by atoms with E-state index in [-0.39, 0.29) is 5.91 Å². The van der Waals surface area contributed by atoms with Crippen molar-refractivity contribution in [3.63, 3.8) is 0 Å². The molecule has 4 aromatic rings. The van der Waals surface area contributed by atoms with Crippen molar-refractivity contribution in [2.24, 2.45) is 0 Å². The molecule has 1 unspecified atom stereocenters. The Balaban J connectivity index is 1.66. The lowest BCUT2D eigenvalue weighted by atomic mass is 9.97. The molecule has 1 aliphatic heterocycles. The van der Waals surface area contributed by atoms with Crippen molar-refractivity contribution in [2.75, 3.05) is 0 Å². The molecule has 0 aromatic heterocycles. The number of amides is 1. The van der Waals surface area contributed by atoms with Crippen LogP contribution in [0.25, 0.3) is 0 Å². The van der Waals surface area contributed by atoms with Gasteiger partial charge in [0.2, 0.25) is 0 Å². The van der Waals surface area contributed by atoms with E-state index >= 15 is 0 Å². The van der Waals surface area contributed by atoms with E-state index in [0.717, 1.165) is 28.0 Å². The first-order valence-electron chi connectivity index (χ1n) is 10.5. The van der Waals surface area contributed by atoms with Crippen molar-refractivity contribution >= 4 is 17.7 Å². The van der Waals surface area contributed by atoms with Gasteiger partial charge in [-0.25, -0.2) is 0 Å². The number of hydrogen-bond acceptors (Lipinski definition) is 2. The largest absolute Gasteiger partial charge is 0.311 e. The summed E-state index contributed by atoms with van der Waals surface area (Å²) in [5.41, 5.74) is 5.37. The topological polar surface area (TPSA) is 20.3 Å². The molecule has 5 rings (SSSR count). The first-order chi connectivity index (χ1) is 15.3. The van der Waals surface area contributed by atoms with Crippen LogP contribution in [0.15, 0.2) is 115 Å². The molecule has 0 radical (unpaired) electrons. The maximum atomic E-state index is 13.7. The van der Waals surface area contributed by atoms with E-state index in [4.69, 9.17) is 0 Å². The van der Waals surface area contributed by atoms with E-state index in [0.29, 0.717) is 6.54 Å². The Bertz CT molecular complexity index is 1180. The Morgan fingerprint density at radius 1 is 0.645 bits per heavy atom. The highest BCUT2D eigenvalue weighted by atomic mass is 32.2. The number of benzene rings is 4. The van der Waals surface area contributed by atoms with Gasteiger partial charge in [-0.05, 0) is 22.8 Å². The maximum absolute atomic E-state index is 13.7. The number of carbonyl (C=O) groups excluding carboxylic acids is 1. The van der Waals surface area contributed by atoms with Gasteiger partial charge in [-0.2, -0.15) is 0 Å². The van der Waals surface area contributed by atoms with Crippen molar-refractivity contribution in [3.8, 4) is 0 Å². The Hall–Kier alpha value is -3.30. The summed E-state index contributed by atoms with van der Waals surface area (Å²) < 4.78 is 0. The van der Waals surface area contributed by atoms with E-state index in [9.17, 15) is 4.79 Å². The molecule has 1 heterocycles. The van der Waals surface area contributed by atoms with Crippen LogP contribution in [-0.2, 0) is 17.2 Å². The molecule has 152 valence electrons. The second kappa shape index (κ2) is 8.44. The minimum absolute atomic E-state index is 0.0869. The smallest absolute Gasteiger partial charge is 0.256 e. The first kappa shape index (κ1) is 19.7. The summed E-state index contributed by atoms with van der Waals surface area (Å²) in [5, 5.41) is 0. The molecule has 31 heavy (non-hydrogen) atoms. The number of carbonyl (C=O) groups is 1. The number of thioether (sulfide) groups is 1. The third kappa shape index (κ3) is 3.55. The van der Waals surface area contributed by atoms with Crippen LogP contribution in [0.1, 0.15) is 32.6 Å². The molecule has 1 amide bonds. The molecule has 0 bridgehead atoms. The molecule has 4 aromatic carbocycles. The molecule has 0 N–H and O–H groups in total. The SMILES string of the molecule is O=C1c2ccccc2C(SCc2ccccc2)(c2ccccc2)N1Cc1ccccc1. The van der Waals surface area contributed by atoms with Crippen molar-refractivity contribution in [3.05, 3.63) is 143 Å². The Kier molecular flexibility index (Phi) is 5.35. The summed E-state index contributed by atoms with van der Waals surface area (Å²) >= 11 is 1.82. The van der Waals surface area contributed by atoms with Crippen LogP contribution >= 0.6 is 11.8 Å². The fraction of sp³-hybridized carbons (Fsp3) is 0.107. The van der Waals surface area contributed by atoms with E-state index < -0.39 is 4.87 Å². The zero-order valence-corrected chi connectivity index (χ0v) is 18.0. The summed E-state index contributed by atoms with van der Waals surface area (Å²) in [6.45, 7) is 0.561. The number of nitrogens with zero attached hydrogens (tertiary/aromatic N) is 1. The van der Waals surface area contributed by atoms with Crippen LogP contribution < -0.4 is 0 Å². The van der Waals surface area contributed by atoms with Gasteiger partial charge in [0.1, 0.15) is 4.87 Å². The highest BCUT2D eigenvalue weighted by Gasteiger charge is 2.51. The van der Waals surface area contributed by atoms with Gasteiger partial charge in [0.05, 0.1) is 0 Å². The molecule has 3 heteroatoms. The van der Waals surface area contributed by atoms with Crippen LogP contribution in [0, 0.1) is 0 Å². The van der Waals surface area contributed by atoms with Crippen molar-refractivity contribution in [1.82, 2.24) is 4.90 Å². The number of hydrogen-bond donors (Lipinski definition) is 0. The molecule has 0 aliphatic carbocycles. The first-order valence-corrected chi connectivity index (χ1v) is 11.5. The van der Waals surface area contributed by atoms with Gasteiger partial charge in [0.25, 0.3) is 5.91 Å². The van der Waals surface area contributed by atoms with Crippen molar-refractivity contribution < 1.29 is 4.79 Å². The molecule has 1 aliphatic rings. The highest BCUT2D eigenvalue weighted by molar-refractivity contribution is 7.99. The minimum atomic E-state index is -0.583. The highest BCUT2D eigenvalue weighted by Crippen LogP contribution is 2.53. The van der Waals surface area contributed by atoms with Crippen LogP contribution in [-0.4, -0.2) is 10.8 Å². The zero-order chi connectivity index (χ0) is 21.1. The Morgan fingerprint density at radius 3 is 1.87 bits per heavy atom. The van der Waals surface area contributed by atoms with Gasteiger partial charge in [-0.3, -0.25) is 4.79 Å². The van der Waals surface area contributed by atoms with Crippen molar-refractivity contribution in [1.29, 1.82) is 0 Å². The fourth-order valence-electron chi connectivity index (χ4n) is 4.32. The second-order valence-electron chi connectivity index (χ2n) is 7.71. The molecular weight excluding hydrogens is 398 g/mol. The lowest BCUT2D eigenvalue weighted by Gasteiger charge is -2.39. The van der Waals surface area contributed by atoms with Crippen molar-refractivity contribution in [2.45, 2.75) is 17.2 Å². The predicted octanol–water partition coefficient (Wildman–Crippen LogP) is 6.48. The third-order valence-electron chi connectivity index (χ3n) is 5.79. The average molecular weight is 422 g/mol. The standard InChI is InChI=1S/C28H23NOS/c30-27-25-18-10-11-19-26(25)28(24-16-8-3-9-17-24,31-21-23-14-6-2-7-15-23)29(27)20-22-12-4-1-5-13-22/h1-19H,20-21H2. The van der Waals surface area contributed by atoms with E-state index in [2.05, 4.69) is 71.6 Å². The van der Waals surface area contributed by atoms with Crippen LogP contribution in [0.2, 0.25) is 0 Å². The summed E-state index contributed by atoms with van der Waals surface area (Å²) in [6, 6.07) is 39.3. The zero-order valence-electron chi connectivity index (χ0n) is 17.1. The summed E-state index contributed by atoms with van der Waals surface area (Å²) in [5.74, 6) is 0.895. The van der Waals surface area contributed by atoms with Gasteiger partial charge in [0, 0.05) is 23.4 Å². The Labute approximate surface area is 187 Å². The quantitative estimate of drug-likeness (QED) is 0.355. The average Bonchev–Trinajstić information content (AvgIpc) is 3.08. The normalized spacial score (nSPS) is 17.5. The lowest BCUT2D eigenvalue weighted by molar-refractivity contribution is 0.0708. The van der Waals surface area contributed by atoms with Crippen LogP contribution in [0.3, 0.4) is 0 Å². The van der Waals surface area contributed by atoms with Gasteiger partial charge in [-0.15, -0.1) is 11.8 Å². The second-order valence-corrected chi connectivity index (χ2v) is 8.87. The van der Waals surface area contributed by atoms with E-state index in [1.165, 1.54) is 5.56 Å². The number of rotatable bonds is 6. The van der Waals surface area contributed by atoms with Gasteiger partial charge >= 0.3 is 0 Å². The molecular formula is C28H23NOS. The van der Waals surface area contributed by atoms with Crippen LogP contribution in [0.5, 0.6) is 0 Å². The molecule has 0 fully saturated rings. The number of fused-ring (bicyclic) bond motifs is 1. The fourth-order valence-corrected chi connectivity index (χ4v) is 5.83. The molecule has 0 spiro atoms. The minimum Gasteiger partial charge on any atom is -0.311 e. The van der Waals surface area contributed by atoms with Gasteiger partial charge < -0.3 is 4.90 Å². The summed E-state index contributed by atoms with van der Waals surface area (Å²) in [4.78, 5) is 15.2. The summed E-state index contributed by atoms with van der Waals surface area (Å²) in [6.07, 6.45) is 0. The van der Waals surface area contributed by atoms with E-state index in [1.54, 1.807) is 0 Å². The van der Waals surface area contributed by atoms with Gasteiger partial charge in [-0.1, -0.05) is 109 Å².